The second kappa shape index (κ2) is 5.78. The number of nitrogens with one attached hydrogen (secondary N) is 1. The highest BCUT2D eigenvalue weighted by Gasteiger charge is 2.25. The predicted octanol–water partition coefficient (Wildman–Crippen LogP) is 3.01. The number of anilines is 1. The molecule has 0 radical (unpaired) electrons. The van der Waals surface area contributed by atoms with E-state index in [0.717, 1.165) is 17.7 Å². The lowest BCUT2D eigenvalue weighted by atomic mass is 9.94. The summed E-state index contributed by atoms with van der Waals surface area (Å²) in [5, 5.41) is 3.29. The first kappa shape index (κ1) is 12.7. The first-order valence-electron chi connectivity index (χ1n) is 6.85. The Bertz CT molecular complexity index is 595. The first-order valence-corrected chi connectivity index (χ1v) is 6.85. The van der Waals surface area contributed by atoms with Crippen LogP contribution in [0.25, 0.3) is 0 Å². The molecule has 1 aliphatic heterocycles. The normalized spacial score (nSPS) is 16.9. The van der Waals surface area contributed by atoms with Gasteiger partial charge in [0.15, 0.2) is 0 Å². The minimum Gasteiger partial charge on any atom is -0.461 e. The zero-order valence-corrected chi connectivity index (χ0v) is 11.2. The van der Waals surface area contributed by atoms with Crippen LogP contribution in [-0.2, 0) is 22.6 Å². The number of benzene rings is 2. The Balaban J connectivity index is 1.59. The van der Waals surface area contributed by atoms with Crippen LogP contribution in [0.3, 0.4) is 0 Å². The highest BCUT2D eigenvalue weighted by molar-refractivity contribution is 5.75. The van der Waals surface area contributed by atoms with Crippen LogP contribution < -0.4 is 5.32 Å². The van der Waals surface area contributed by atoms with Crippen molar-refractivity contribution in [2.75, 3.05) is 11.9 Å². The maximum atomic E-state index is 12.1. The summed E-state index contributed by atoms with van der Waals surface area (Å²) in [6, 6.07) is 17.9. The summed E-state index contributed by atoms with van der Waals surface area (Å²) in [7, 11) is 0. The van der Waals surface area contributed by atoms with Gasteiger partial charge >= 0.3 is 5.97 Å². The Kier molecular flexibility index (Phi) is 3.68. The second-order valence-corrected chi connectivity index (χ2v) is 5.03. The Labute approximate surface area is 118 Å². The van der Waals surface area contributed by atoms with Crippen molar-refractivity contribution in [2.45, 2.75) is 13.0 Å². The van der Waals surface area contributed by atoms with Crippen LogP contribution in [0.5, 0.6) is 0 Å². The molecule has 102 valence electrons. The molecule has 0 bridgehead atoms. The molecule has 2 aromatic carbocycles. The van der Waals surface area contributed by atoms with E-state index in [-0.39, 0.29) is 11.9 Å². The lowest BCUT2D eigenvalue weighted by Crippen LogP contribution is -2.31. The number of rotatable bonds is 3. The van der Waals surface area contributed by atoms with Crippen molar-refractivity contribution < 1.29 is 9.53 Å². The molecule has 3 rings (SSSR count). The molecule has 2 aromatic rings. The molecule has 3 heteroatoms. The van der Waals surface area contributed by atoms with Crippen molar-refractivity contribution in [2.24, 2.45) is 5.92 Å². The number of para-hydroxylation sites is 1. The summed E-state index contributed by atoms with van der Waals surface area (Å²) in [6.45, 7) is 0.989. The maximum Gasteiger partial charge on any atom is 0.311 e. The van der Waals surface area contributed by atoms with E-state index in [4.69, 9.17) is 4.74 Å². The minimum absolute atomic E-state index is 0.103. The van der Waals surface area contributed by atoms with Crippen molar-refractivity contribution >= 4 is 11.7 Å². The van der Waals surface area contributed by atoms with E-state index in [1.54, 1.807) is 0 Å². The fraction of sp³-hybridized carbons (Fsp3) is 0.235. The van der Waals surface area contributed by atoms with Gasteiger partial charge in [-0.05, 0) is 23.6 Å². The van der Waals surface area contributed by atoms with Crippen LogP contribution in [0.2, 0.25) is 0 Å². The molecule has 0 fully saturated rings. The number of carbonyl (C=O) groups excluding carboxylic acids is 1. The van der Waals surface area contributed by atoms with E-state index in [1.807, 2.05) is 48.5 Å². The highest BCUT2D eigenvalue weighted by Crippen LogP contribution is 2.25. The first-order chi connectivity index (χ1) is 9.83. The minimum atomic E-state index is -0.129. The molecular formula is C17H17NO2. The Morgan fingerprint density at radius 3 is 2.70 bits per heavy atom. The topological polar surface area (TPSA) is 38.3 Å². The van der Waals surface area contributed by atoms with Crippen molar-refractivity contribution in [1.29, 1.82) is 0 Å². The molecule has 1 unspecified atom stereocenters. The molecule has 0 spiro atoms. The zero-order chi connectivity index (χ0) is 13.8. The van der Waals surface area contributed by atoms with Gasteiger partial charge in [0, 0.05) is 12.2 Å². The van der Waals surface area contributed by atoms with Crippen molar-refractivity contribution in [1.82, 2.24) is 0 Å². The standard InChI is InChI=1S/C17H17NO2/c19-17(20-12-13-6-2-1-3-7-13)15-10-14-8-4-5-9-16(14)18-11-15/h1-9,15,18H,10-12H2. The lowest BCUT2D eigenvalue weighted by molar-refractivity contribution is -0.149. The number of hydrogen-bond acceptors (Lipinski definition) is 3. The van der Waals surface area contributed by atoms with E-state index in [0.29, 0.717) is 13.2 Å². The maximum absolute atomic E-state index is 12.1. The number of ether oxygens (including phenoxy) is 1. The van der Waals surface area contributed by atoms with Gasteiger partial charge in [-0.25, -0.2) is 0 Å². The average Bonchev–Trinajstić information content (AvgIpc) is 2.53. The monoisotopic (exact) mass is 267 g/mol. The number of hydrogen-bond donors (Lipinski definition) is 1. The molecular weight excluding hydrogens is 250 g/mol. The van der Waals surface area contributed by atoms with E-state index < -0.39 is 0 Å². The summed E-state index contributed by atoms with van der Waals surface area (Å²) in [5.74, 6) is -0.232. The molecule has 0 aromatic heterocycles. The molecule has 3 nitrogen and oxygen atoms in total. The van der Waals surface area contributed by atoms with Crippen LogP contribution >= 0.6 is 0 Å². The van der Waals surface area contributed by atoms with Gasteiger partial charge in [0.1, 0.15) is 6.61 Å². The van der Waals surface area contributed by atoms with Crippen molar-refractivity contribution in [3.05, 3.63) is 65.7 Å². The third-order valence-corrected chi connectivity index (χ3v) is 3.58. The summed E-state index contributed by atoms with van der Waals surface area (Å²) in [5.41, 5.74) is 3.32. The number of carbonyl (C=O) groups is 1. The van der Waals surface area contributed by atoms with Crippen LogP contribution in [0.1, 0.15) is 11.1 Å². The van der Waals surface area contributed by atoms with Gasteiger partial charge in [-0.2, -0.15) is 0 Å². The Hall–Kier alpha value is -2.29. The van der Waals surface area contributed by atoms with Gasteiger partial charge in [0.25, 0.3) is 0 Å². The summed E-state index contributed by atoms with van der Waals surface area (Å²) < 4.78 is 5.40. The molecule has 20 heavy (non-hydrogen) atoms. The van der Waals surface area contributed by atoms with Gasteiger partial charge in [-0.15, -0.1) is 0 Å². The third-order valence-electron chi connectivity index (χ3n) is 3.58. The van der Waals surface area contributed by atoms with Crippen LogP contribution in [0.4, 0.5) is 5.69 Å². The molecule has 0 aliphatic carbocycles. The Morgan fingerprint density at radius 1 is 1.10 bits per heavy atom. The fourth-order valence-electron chi connectivity index (χ4n) is 2.45. The van der Waals surface area contributed by atoms with Gasteiger partial charge < -0.3 is 10.1 Å². The lowest BCUT2D eigenvalue weighted by Gasteiger charge is -2.24. The average molecular weight is 267 g/mol. The molecule has 1 atom stereocenters. The largest absolute Gasteiger partial charge is 0.461 e. The van der Waals surface area contributed by atoms with Crippen LogP contribution in [-0.4, -0.2) is 12.5 Å². The summed E-state index contributed by atoms with van der Waals surface area (Å²) >= 11 is 0. The molecule has 0 saturated carbocycles. The van der Waals surface area contributed by atoms with Crippen LogP contribution in [0, 0.1) is 5.92 Å². The SMILES string of the molecule is O=C(OCc1ccccc1)C1CNc2ccccc2C1. The molecule has 0 saturated heterocycles. The van der Waals surface area contributed by atoms with Crippen molar-refractivity contribution in [3.63, 3.8) is 0 Å². The van der Waals surface area contributed by atoms with Crippen molar-refractivity contribution in [3.8, 4) is 0 Å². The smallest absolute Gasteiger partial charge is 0.311 e. The highest BCUT2D eigenvalue weighted by atomic mass is 16.5. The van der Waals surface area contributed by atoms with E-state index >= 15 is 0 Å². The second-order valence-electron chi connectivity index (χ2n) is 5.03. The summed E-state index contributed by atoms with van der Waals surface area (Å²) in [6.07, 6.45) is 0.747. The molecule has 0 amide bonds. The number of fused-ring (bicyclic) bond motifs is 1. The van der Waals surface area contributed by atoms with E-state index in [9.17, 15) is 4.79 Å². The fourth-order valence-corrected chi connectivity index (χ4v) is 2.45. The van der Waals surface area contributed by atoms with Gasteiger partial charge in [0.05, 0.1) is 5.92 Å². The van der Waals surface area contributed by atoms with Gasteiger partial charge in [-0.3, -0.25) is 4.79 Å². The quantitative estimate of drug-likeness (QED) is 0.869. The van der Waals surface area contributed by atoms with Gasteiger partial charge in [-0.1, -0.05) is 48.5 Å². The van der Waals surface area contributed by atoms with E-state index in [2.05, 4.69) is 11.4 Å². The predicted molar refractivity (Wildman–Crippen MR) is 78.4 cm³/mol. The molecule has 1 heterocycles. The zero-order valence-electron chi connectivity index (χ0n) is 11.2. The van der Waals surface area contributed by atoms with E-state index in [1.165, 1.54) is 5.56 Å². The Morgan fingerprint density at radius 2 is 1.85 bits per heavy atom. The number of esters is 1. The molecule has 1 aliphatic rings. The van der Waals surface area contributed by atoms with Gasteiger partial charge in [0.2, 0.25) is 0 Å². The third kappa shape index (κ3) is 2.82. The van der Waals surface area contributed by atoms with Crippen LogP contribution in [0.15, 0.2) is 54.6 Å². The molecule has 1 N–H and O–H groups in total. The summed E-state index contributed by atoms with van der Waals surface area (Å²) in [4.78, 5) is 12.1.